The van der Waals surface area contributed by atoms with Crippen molar-refractivity contribution in [3.8, 4) is 0 Å². The molecule has 0 saturated heterocycles. The van der Waals surface area contributed by atoms with Crippen molar-refractivity contribution >= 4 is 45.2 Å². The number of carbonyl (C=O) groups is 1. The minimum Gasteiger partial charge on any atom is -0.289 e. The first-order valence-corrected chi connectivity index (χ1v) is 8.64. The van der Waals surface area contributed by atoms with Gasteiger partial charge in [0.05, 0.1) is 0 Å². The van der Waals surface area contributed by atoms with Crippen LogP contribution in [-0.4, -0.2) is 5.78 Å². The Bertz CT molecular complexity index is 693. The molecule has 0 atom stereocenters. The number of hydrogen-bond donors (Lipinski definition) is 0. The zero-order valence-electron chi connectivity index (χ0n) is 11.5. The van der Waals surface area contributed by atoms with Gasteiger partial charge in [0.1, 0.15) is 0 Å². The maximum absolute atomic E-state index is 12.6. The molecule has 3 heteroatoms. The molecule has 1 aliphatic rings. The molecule has 0 amide bonds. The summed E-state index contributed by atoms with van der Waals surface area (Å²) in [5, 5.41) is 2.04. The molecule has 0 spiro atoms. The topological polar surface area (TPSA) is 17.1 Å². The Kier molecular flexibility index (Phi) is 4.51. The van der Waals surface area contributed by atoms with Crippen molar-refractivity contribution in [2.45, 2.75) is 19.3 Å². The molecule has 1 saturated carbocycles. The molecular weight excluding hydrogens is 344 g/mol. The summed E-state index contributed by atoms with van der Waals surface area (Å²) in [6.45, 7) is 0. The molecule has 1 heterocycles. The third kappa shape index (κ3) is 3.60. The van der Waals surface area contributed by atoms with Crippen molar-refractivity contribution in [3.05, 3.63) is 67.8 Å². The standard InChI is InChI=1S/C18H15BrOS/c19-16-8-6-13(7-9-16)11-14-3-1-4-15(18(14)20)12-17-5-2-10-21-17/h2,5-12H,1,3-4H2/b14-11-,15-12+. The summed E-state index contributed by atoms with van der Waals surface area (Å²) in [6, 6.07) is 12.1. The summed E-state index contributed by atoms with van der Waals surface area (Å²) in [5.74, 6) is 0.206. The fourth-order valence-electron chi connectivity index (χ4n) is 2.48. The number of thiophene rings is 1. The second kappa shape index (κ2) is 6.54. The predicted octanol–water partition coefficient (Wildman–Crippen LogP) is 5.73. The van der Waals surface area contributed by atoms with Gasteiger partial charge in [0.15, 0.2) is 5.78 Å². The Morgan fingerprint density at radius 2 is 1.71 bits per heavy atom. The average molecular weight is 359 g/mol. The van der Waals surface area contributed by atoms with Crippen LogP contribution in [-0.2, 0) is 4.79 Å². The lowest BCUT2D eigenvalue weighted by Crippen LogP contribution is -2.12. The number of Topliss-reactive ketones (excluding diaryl/α,β-unsaturated/α-hetero) is 1. The largest absolute Gasteiger partial charge is 0.289 e. The molecule has 1 aliphatic carbocycles. The number of hydrogen-bond acceptors (Lipinski definition) is 2. The van der Waals surface area contributed by atoms with E-state index in [1.165, 1.54) is 0 Å². The van der Waals surface area contributed by atoms with Gasteiger partial charge in [0.2, 0.25) is 0 Å². The normalized spacial score (nSPS) is 19.4. The van der Waals surface area contributed by atoms with Crippen LogP contribution < -0.4 is 0 Å². The predicted molar refractivity (Wildman–Crippen MR) is 93.3 cm³/mol. The molecular formula is C18H15BrOS. The second-order valence-electron chi connectivity index (χ2n) is 5.09. The summed E-state index contributed by atoms with van der Waals surface area (Å²) >= 11 is 5.10. The van der Waals surface area contributed by atoms with Crippen LogP contribution in [0.15, 0.2) is 57.4 Å². The van der Waals surface area contributed by atoms with Gasteiger partial charge < -0.3 is 0 Å². The smallest absolute Gasteiger partial charge is 0.185 e. The van der Waals surface area contributed by atoms with E-state index in [4.69, 9.17) is 0 Å². The average Bonchev–Trinajstić information content (AvgIpc) is 2.99. The Morgan fingerprint density at radius 3 is 2.38 bits per heavy atom. The summed E-state index contributed by atoms with van der Waals surface area (Å²) in [4.78, 5) is 13.7. The van der Waals surface area contributed by atoms with Crippen molar-refractivity contribution < 1.29 is 4.79 Å². The van der Waals surface area contributed by atoms with Crippen LogP contribution in [0.4, 0.5) is 0 Å². The third-order valence-corrected chi connectivity index (χ3v) is 4.89. The molecule has 1 aromatic carbocycles. The fraction of sp³-hybridized carbons (Fsp3) is 0.167. The first-order valence-electron chi connectivity index (χ1n) is 6.97. The van der Waals surface area contributed by atoms with Gasteiger partial charge in [0.25, 0.3) is 0 Å². The lowest BCUT2D eigenvalue weighted by Gasteiger charge is -2.16. The highest BCUT2D eigenvalue weighted by molar-refractivity contribution is 9.10. The van der Waals surface area contributed by atoms with Crippen LogP contribution in [0.1, 0.15) is 29.7 Å². The molecule has 0 N–H and O–H groups in total. The molecule has 2 aromatic rings. The van der Waals surface area contributed by atoms with Crippen LogP contribution in [0.2, 0.25) is 0 Å². The zero-order chi connectivity index (χ0) is 14.7. The Labute approximate surface area is 137 Å². The SMILES string of the molecule is O=C1/C(=C\c2ccc(Br)cc2)CCC/C1=C\c1cccs1. The highest BCUT2D eigenvalue weighted by Gasteiger charge is 2.20. The van der Waals surface area contributed by atoms with Crippen molar-refractivity contribution in [1.82, 2.24) is 0 Å². The lowest BCUT2D eigenvalue weighted by molar-refractivity contribution is -0.112. The van der Waals surface area contributed by atoms with Crippen LogP contribution in [0.3, 0.4) is 0 Å². The molecule has 1 aromatic heterocycles. The van der Waals surface area contributed by atoms with Crippen molar-refractivity contribution in [2.24, 2.45) is 0 Å². The van der Waals surface area contributed by atoms with Crippen molar-refractivity contribution in [3.63, 3.8) is 0 Å². The molecule has 1 nitrogen and oxygen atoms in total. The number of benzene rings is 1. The molecule has 0 unspecified atom stereocenters. The van der Waals surface area contributed by atoms with Gasteiger partial charge >= 0.3 is 0 Å². The second-order valence-corrected chi connectivity index (χ2v) is 6.98. The molecule has 21 heavy (non-hydrogen) atoms. The molecule has 1 fully saturated rings. The molecule has 106 valence electrons. The van der Waals surface area contributed by atoms with Gasteiger partial charge in [-0.15, -0.1) is 11.3 Å². The molecule has 3 rings (SSSR count). The van der Waals surface area contributed by atoms with E-state index in [1.54, 1.807) is 11.3 Å². The monoisotopic (exact) mass is 358 g/mol. The first-order chi connectivity index (χ1) is 10.2. The van der Waals surface area contributed by atoms with Crippen molar-refractivity contribution in [1.29, 1.82) is 0 Å². The van der Waals surface area contributed by atoms with Gasteiger partial charge in [0, 0.05) is 20.5 Å². The van der Waals surface area contributed by atoms with Gasteiger partial charge in [-0.05, 0) is 60.6 Å². The number of carbonyl (C=O) groups excluding carboxylic acids is 1. The van der Waals surface area contributed by atoms with Gasteiger partial charge in [-0.25, -0.2) is 0 Å². The number of allylic oxidation sites excluding steroid dienone is 2. The van der Waals surface area contributed by atoms with E-state index in [-0.39, 0.29) is 5.78 Å². The van der Waals surface area contributed by atoms with Gasteiger partial charge in [-0.3, -0.25) is 4.79 Å². The van der Waals surface area contributed by atoms with E-state index >= 15 is 0 Å². The minimum absolute atomic E-state index is 0.206. The van der Waals surface area contributed by atoms with Gasteiger partial charge in [-0.2, -0.15) is 0 Å². The summed E-state index contributed by atoms with van der Waals surface area (Å²) in [6.07, 6.45) is 6.87. The minimum atomic E-state index is 0.206. The van der Waals surface area contributed by atoms with E-state index in [2.05, 4.69) is 22.0 Å². The van der Waals surface area contributed by atoms with E-state index in [0.29, 0.717) is 0 Å². The van der Waals surface area contributed by atoms with E-state index in [9.17, 15) is 4.79 Å². The summed E-state index contributed by atoms with van der Waals surface area (Å²) < 4.78 is 1.05. The zero-order valence-corrected chi connectivity index (χ0v) is 13.9. The van der Waals surface area contributed by atoms with Crippen molar-refractivity contribution in [2.75, 3.05) is 0 Å². The lowest BCUT2D eigenvalue weighted by atomic mass is 9.87. The molecule has 0 aliphatic heterocycles. The fourth-order valence-corrected chi connectivity index (χ4v) is 3.43. The first kappa shape index (κ1) is 14.5. The Morgan fingerprint density at radius 1 is 1.00 bits per heavy atom. The van der Waals surface area contributed by atoms with Gasteiger partial charge in [-0.1, -0.05) is 34.1 Å². The van der Waals surface area contributed by atoms with E-state index in [1.807, 2.05) is 47.9 Å². The number of halogens is 1. The van der Waals surface area contributed by atoms with Crippen LogP contribution >= 0.6 is 27.3 Å². The highest BCUT2D eigenvalue weighted by atomic mass is 79.9. The molecule has 0 bridgehead atoms. The van der Waals surface area contributed by atoms with Crippen LogP contribution in [0, 0.1) is 0 Å². The number of ketones is 1. The summed E-state index contributed by atoms with van der Waals surface area (Å²) in [5.41, 5.74) is 2.94. The maximum Gasteiger partial charge on any atom is 0.185 e. The van der Waals surface area contributed by atoms with Crippen LogP contribution in [0.5, 0.6) is 0 Å². The maximum atomic E-state index is 12.6. The summed E-state index contributed by atoms with van der Waals surface area (Å²) in [7, 11) is 0. The van der Waals surface area contributed by atoms with E-state index < -0.39 is 0 Å². The highest BCUT2D eigenvalue weighted by Crippen LogP contribution is 2.29. The quantitative estimate of drug-likeness (QED) is 0.626. The van der Waals surface area contributed by atoms with Crippen LogP contribution in [0.25, 0.3) is 12.2 Å². The Balaban J connectivity index is 1.86. The van der Waals surface area contributed by atoms with E-state index in [0.717, 1.165) is 45.3 Å². The molecule has 0 radical (unpaired) electrons. The Hall–Kier alpha value is -1.45. The third-order valence-electron chi connectivity index (χ3n) is 3.55. The number of rotatable bonds is 2.